The lowest BCUT2D eigenvalue weighted by Gasteiger charge is -2.26. The predicted molar refractivity (Wildman–Crippen MR) is 113 cm³/mol. The number of aromatic amines is 1. The van der Waals surface area contributed by atoms with E-state index in [0.29, 0.717) is 17.5 Å². The van der Waals surface area contributed by atoms with Crippen LogP contribution in [0.15, 0.2) is 29.4 Å². The fraction of sp³-hybridized carbons (Fsp3) is 0.450. The third-order valence-electron chi connectivity index (χ3n) is 5.16. The van der Waals surface area contributed by atoms with E-state index in [1.807, 2.05) is 13.1 Å². The van der Waals surface area contributed by atoms with E-state index in [1.165, 1.54) is 12.8 Å². The van der Waals surface area contributed by atoms with Crippen LogP contribution in [0.5, 0.6) is 5.88 Å². The van der Waals surface area contributed by atoms with E-state index in [-0.39, 0.29) is 6.10 Å². The van der Waals surface area contributed by atoms with Crippen LogP contribution in [0.4, 0.5) is 11.6 Å². The highest BCUT2D eigenvalue weighted by atomic mass is 32.2. The van der Waals surface area contributed by atoms with Crippen molar-refractivity contribution in [3.8, 4) is 5.88 Å². The molecule has 0 saturated heterocycles. The average molecular weight is 399 g/mol. The molecule has 1 aliphatic carbocycles. The number of H-pyrrole nitrogens is 1. The number of benzene rings is 1. The number of fused-ring (bicyclic) bond motifs is 1. The molecule has 0 amide bonds. The molecule has 8 heteroatoms. The summed E-state index contributed by atoms with van der Waals surface area (Å²) in [5.74, 6) is 1.85. The molecule has 0 radical (unpaired) electrons. The van der Waals surface area contributed by atoms with Gasteiger partial charge in [-0.3, -0.25) is 4.72 Å². The van der Waals surface area contributed by atoms with Gasteiger partial charge in [-0.2, -0.15) is 9.97 Å². The van der Waals surface area contributed by atoms with Gasteiger partial charge in [0.1, 0.15) is 11.6 Å². The maximum Gasteiger partial charge on any atom is 0.245 e. The number of hydrogen-bond acceptors (Lipinski definition) is 7. The number of aromatic nitrogens is 4. The fourth-order valence-corrected chi connectivity index (χ4v) is 4.14. The van der Waals surface area contributed by atoms with Crippen LogP contribution in [-0.4, -0.2) is 33.1 Å². The molecule has 1 aliphatic rings. The van der Waals surface area contributed by atoms with Crippen molar-refractivity contribution >= 4 is 34.7 Å². The third kappa shape index (κ3) is 4.23. The van der Waals surface area contributed by atoms with Crippen LogP contribution in [-0.2, 0) is 0 Å². The molecule has 1 fully saturated rings. The lowest BCUT2D eigenvalue weighted by atomic mass is 9.89. The minimum Gasteiger partial charge on any atom is -0.473 e. The lowest BCUT2D eigenvalue weighted by Crippen LogP contribution is -2.23. The van der Waals surface area contributed by atoms with Gasteiger partial charge in [0.2, 0.25) is 11.8 Å². The van der Waals surface area contributed by atoms with Crippen molar-refractivity contribution in [2.24, 2.45) is 5.92 Å². The summed E-state index contributed by atoms with van der Waals surface area (Å²) in [5, 5.41) is 3.32. The van der Waals surface area contributed by atoms with Crippen LogP contribution in [0.25, 0.3) is 11.2 Å². The molecule has 7 nitrogen and oxygen atoms in total. The van der Waals surface area contributed by atoms with Crippen LogP contribution in [0, 0.1) is 12.8 Å². The highest BCUT2D eigenvalue weighted by molar-refractivity contribution is 7.97. The van der Waals surface area contributed by atoms with E-state index in [9.17, 15) is 0 Å². The Hall–Kier alpha value is -2.32. The Bertz CT molecular complexity index is 951. The number of ether oxygens (including phenoxy) is 1. The Morgan fingerprint density at radius 3 is 2.75 bits per heavy atom. The predicted octanol–water partition coefficient (Wildman–Crippen LogP) is 4.59. The molecular weight excluding hydrogens is 372 g/mol. The zero-order valence-electron chi connectivity index (χ0n) is 16.5. The summed E-state index contributed by atoms with van der Waals surface area (Å²) < 4.78 is 9.35. The summed E-state index contributed by atoms with van der Waals surface area (Å²) in [4.78, 5) is 17.8. The van der Waals surface area contributed by atoms with Gasteiger partial charge >= 0.3 is 0 Å². The molecular formula is C20H26N6OS. The van der Waals surface area contributed by atoms with Gasteiger partial charge < -0.3 is 15.0 Å². The Balaban J connectivity index is 1.58. The highest BCUT2D eigenvalue weighted by Crippen LogP contribution is 2.30. The van der Waals surface area contributed by atoms with E-state index in [4.69, 9.17) is 4.74 Å². The van der Waals surface area contributed by atoms with Crippen molar-refractivity contribution in [2.45, 2.75) is 50.5 Å². The molecule has 2 aromatic heterocycles. The minimum absolute atomic E-state index is 0.199. The Morgan fingerprint density at radius 2 is 2.00 bits per heavy atom. The number of rotatable bonds is 6. The fourth-order valence-electron chi connectivity index (χ4n) is 3.53. The zero-order chi connectivity index (χ0) is 19.5. The number of aryl methyl sites for hydroxylation is 1. The SMILES string of the molecule is CNSc1ccc(Nc2nc(OC3CCC(C)CC3)c3[nH]cnc3n2)c(C)c1. The van der Waals surface area contributed by atoms with E-state index >= 15 is 0 Å². The summed E-state index contributed by atoms with van der Waals surface area (Å²) >= 11 is 1.59. The van der Waals surface area contributed by atoms with Crippen molar-refractivity contribution in [1.29, 1.82) is 0 Å². The summed E-state index contributed by atoms with van der Waals surface area (Å²) in [6.07, 6.45) is 6.35. The van der Waals surface area contributed by atoms with Crippen LogP contribution >= 0.6 is 11.9 Å². The van der Waals surface area contributed by atoms with Crippen molar-refractivity contribution in [2.75, 3.05) is 12.4 Å². The van der Waals surface area contributed by atoms with Gasteiger partial charge in [-0.05, 0) is 81.3 Å². The van der Waals surface area contributed by atoms with E-state index in [2.05, 4.69) is 56.0 Å². The molecule has 0 spiro atoms. The van der Waals surface area contributed by atoms with E-state index in [1.54, 1.807) is 18.3 Å². The van der Waals surface area contributed by atoms with E-state index in [0.717, 1.165) is 40.4 Å². The second-order valence-electron chi connectivity index (χ2n) is 7.36. The normalized spacial score (nSPS) is 19.7. The maximum atomic E-state index is 6.26. The van der Waals surface area contributed by atoms with Crippen LogP contribution in [0.2, 0.25) is 0 Å². The molecule has 0 unspecified atom stereocenters. The van der Waals surface area contributed by atoms with Gasteiger partial charge in [0.05, 0.1) is 6.33 Å². The molecule has 2 heterocycles. The van der Waals surface area contributed by atoms with Crippen molar-refractivity contribution < 1.29 is 4.74 Å². The molecule has 3 N–H and O–H groups in total. The quantitative estimate of drug-likeness (QED) is 0.523. The molecule has 0 atom stereocenters. The van der Waals surface area contributed by atoms with Gasteiger partial charge in [0, 0.05) is 10.6 Å². The number of nitrogens with zero attached hydrogens (tertiary/aromatic N) is 3. The lowest BCUT2D eigenvalue weighted by molar-refractivity contribution is 0.132. The molecule has 148 valence electrons. The number of nitrogens with one attached hydrogen (secondary N) is 3. The second-order valence-corrected chi connectivity index (χ2v) is 8.44. The van der Waals surface area contributed by atoms with Crippen LogP contribution in [0.1, 0.15) is 38.2 Å². The minimum atomic E-state index is 0.199. The topological polar surface area (TPSA) is 87.8 Å². The molecule has 28 heavy (non-hydrogen) atoms. The van der Waals surface area contributed by atoms with Gasteiger partial charge in [-0.1, -0.05) is 6.92 Å². The largest absolute Gasteiger partial charge is 0.473 e. The van der Waals surface area contributed by atoms with Crippen molar-refractivity contribution in [3.63, 3.8) is 0 Å². The summed E-state index contributed by atoms with van der Waals surface area (Å²) in [6, 6.07) is 6.22. The molecule has 1 saturated carbocycles. The Morgan fingerprint density at radius 1 is 1.18 bits per heavy atom. The first kappa shape index (κ1) is 19.0. The molecule has 4 rings (SSSR count). The smallest absolute Gasteiger partial charge is 0.245 e. The van der Waals surface area contributed by atoms with Gasteiger partial charge in [-0.15, -0.1) is 0 Å². The van der Waals surface area contributed by atoms with Crippen molar-refractivity contribution in [1.82, 2.24) is 24.7 Å². The summed E-state index contributed by atoms with van der Waals surface area (Å²) in [5.41, 5.74) is 3.45. The Labute approximate surface area is 169 Å². The second kappa shape index (κ2) is 8.36. The standard InChI is InChI=1S/C20H26N6OS/c1-12-4-6-14(7-5-12)27-19-17-18(23-11-22-17)25-20(26-19)24-16-9-8-15(28-21-3)10-13(16)2/h8-12,14,21H,4-7H2,1-3H3,(H2,22,23,24,25,26). The molecule has 3 aromatic rings. The Kier molecular flexibility index (Phi) is 5.68. The van der Waals surface area contributed by atoms with Crippen LogP contribution < -0.4 is 14.8 Å². The first-order valence-electron chi connectivity index (χ1n) is 9.71. The summed E-state index contributed by atoms with van der Waals surface area (Å²) in [6.45, 7) is 4.37. The molecule has 0 aliphatic heterocycles. The van der Waals surface area contributed by atoms with Crippen LogP contribution in [0.3, 0.4) is 0 Å². The first-order chi connectivity index (χ1) is 13.6. The van der Waals surface area contributed by atoms with Crippen molar-refractivity contribution in [3.05, 3.63) is 30.1 Å². The van der Waals surface area contributed by atoms with E-state index < -0.39 is 0 Å². The number of hydrogen-bond donors (Lipinski definition) is 3. The summed E-state index contributed by atoms with van der Waals surface area (Å²) in [7, 11) is 1.91. The highest BCUT2D eigenvalue weighted by Gasteiger charge is 2.22. The van der Waals surface area contributed by atoms with Gasteiger partial charge in [-0.25, -0.2) is 4.98 Å². The van der Waals surface area contributed by atoms with Gasteiger partial charge in [0.25, 0.3) is 0 Å². The number of imidazole rings is 1. The van der Waals surface area contributed by atoms with Gasteiger partial charge in [0.15, 0.2) is 5.65 Å². The first-order valence-corrected chi connectivity index (χ1v) is 10.5. The number of anilines is 2. The average Bonchev–Trinajstić information content (AvgIpc) is 3.15. The monoisotopic (exact) mass is 398 g/mol. The maximum absolute atomic E-state index is 6.26. The molecule has 0 bridgehead atoms. The molecule has 1 aromatic carbocycles. The zero-order valence-corrected chi connectivity index (χ0v) is 17.3. The third-order valence-corrected chi connectivity index (χ3v) is 5.85.